The maximum absolute atomic E-state index is 14.8. The number of imidazole rings is 1. The number of fused-ring (bicyclic) bond motifs is 1. The third kappa shape index (κ3) is 6.46. The minimum Gasteiger partial charge on any atom is -0.494 e. The van der Waals surface area contributed by atoms with Gasteiger partial charge in [-0.2, -0.15) is 4.39 Å². The monoisotopic (exact) mass is 563 g/mol. The second kappa shape index (κ2) is 13.2. The molecule has 0 fully saturated rings. The first-order valence-electron chi connectivity index (χ1n) is 13.5. The summed E-state index contributed by atoms with van der Waals surface area (Å²) in [5, 5.41) is 9.40. The third-order valence-electron chi connectivity index (χ3n) is 6.74. The average Bonchev–Trinajstić information content (AvgIpc) is 3.41. The fourth-order valence-electron chi connectivity index (χ4n) is 4.56. The van der Waals surface area contributed by atoms with Crippen LogP contribution in [0.3, 0.4) is 0 Å². The number of nitrogens with one attached hydrogen (secondary N) is 3. The first-order chi connectivity index (χ1) is 19.8. The number of carbonyl (C=O) groups is 1. The first kappa shape index (κ1) is 29.5. The van der Waals surface area contributed by atoms with E-state index in [1.54, 1.807) is 16.8 Å². The Morgan fingerprint density at radius 1 is 1.12 bits per heavy atom. The van der Waals surface area contributed by atoms with E-state index in [1.807, 2.05) is 32.0 Å². The summed E-state index contributed by atoms with van der Waals surface area (Å²) in [6.07, 6.45) is 6.94. The summed E-state index contributed by atoms with van der Waals surface area (Å²) in [7, 11) is 1.28. The third-order valence-corrected chi connectivity index (χ3v) is 6.74. The Labute approximate surface area is 237 Å². The van der Waals surface area contributed by atoms with Gasteiger partial charge in [0.15, 0.2) is 23.0 Å². The fourth-order valence-corrected chi connectivity index (χ4v) is 4.56. The highest BCUT2D eigenvalue weighted by molar-refractivity contribution is 5.81. The van der Waals surface area contributed by atoms with Crippen molar-refractivity contribution in [2.45, 2.75) is 39.2 Å². The van der Waals surface area contributed by atoms with Gasteiger partial charge < -0.3 is 26.4 Å². The van der Waals surface area contributed by atoms with Crippen LogP contribution in [0.1, 0.15) is 37.8 Å². The van der Waals surface area contributed by atoms with Gasteiger partial charge in [-0.25, -0.2) is 14.4 Å². The molecule has 0 bridgehead atoms. The second-order valence-electron chi connectivity index (χ2n) is 9.50. The maximum atomic E-state index is 14.8. The standard InChI is InChI=1S/C30H35F2N7O2/c1-5-7-23(33)30(40)36-13-12-34-18(3)21-9-8-20(16-19(21)6-2)38-28-29-37-17-24(39(29)15-14-35-28)22-10-11-25(41-4)27(32)26(22)31/h8-11,14-17,23,34H,3,5-7,12-13,33H2,1-2,4H3,(H,35,38)(H,36,40)/t23-/m0/s1. The number of rotatable bonds is 13. The number of carbonyl (C=O) groups excluding carboxylic acids is 1. The summed E-state index contributed by atoms with van der Waals surface area (Å²) in [5.41, 5.74) is 10.3. The van der Waals surface area contributed by atoms with Gasteiger partial charge in [0, 0.05) is 48.0 Å². The first-order valence-corrected chi connectivity index (χ1v) is 13.5. The molecule has 0 aliphatic carbocycles. The number of halogens is 2. The molecule has 1 atom stereocenters. The Bertz CT molecular complexity index is 1550. The molecule has 2 aromatic heterocycles. The van der Waals surface area contributed by atoms with E-state index in [4.69, 9.17) is 10.5 Å². The lowest BCUT2D eigenvalue weighted by atomic mass is 10.0. The zero-order chi connectivity index (χ0) is 29.5. The zero-order valence-corrected chi connectivity index (χ0v) is 23.4. The van der Waals surface area contributed by atoms with Crippen LogP contribution in [-0.4, -0.2) is 46.5 Å². The van der Waals surface area contributed by atoms with Crippen LogP contribution in [0.4, 0.5) is 20.3 Å². The molecular formula is C30H35F2N7O2. The summed E-state index contributed by atoms with van der Waals surface area (Å²) in [6, 6.07) is 8.20. The minimum absolute atomic E-state index is 0.0555. The van der Waals surface area contributed by atoms with Gasteiger partial charge in [0.1, 0.15) is 0 Å². The molecule has 2 heterocycles. The molecule has 0 unspecified atom stereocenters. The number of hydrogen-bond acceptors (Lipinski definition) is 7. The van der Waals surface area contributed by atoms with Gasteiger partial charge in [-0.1, -0.05) is 32.9 Å². The molecule has 0 saturated heterocycles. The van der Waals surface area contributed by atoms with Crippen LogP contribution < -0.4 is 26.4 Å². The number of methoxy groups -OCH3 is 1. The van der Waals surface area contributed by atoms with Gasteiger partial charge in [0.05, 0.1) is 25.0 Å². The number of aryl methyl sites for hydroxylation is 1. The molecule has 216 valence electrons. The molecule has 4 aromatic rings. The van der Waals surface area contributed by atoms with E-state index < -0.39 is 17.7 Å². The molecule has 0 spiro atoms. The van der Waals surface area contributed by atoms with Crippen molar-refractivity contribution < 1.29 is 18.3 Å². The van der Waals surface area contributed by atoms with Crippen molar-refractivity contribution >= 4 is 28.8 Å². The summed E-state index contributed by atoms with van der Waals surface area (Å²) >= 11 is 0. The Kier molecular flexibility index (Phi) is 9.51. The molecular weight excluding hydrogens is 528 g/mol. The lowest BCUT2D eigenvalue weighted by Gasteiger charge is -2.16. The van der Waals surface area contributed by atoms with Crippen LogP contribution in [0.25, 0.3) is 22.6 Å². The number of benzene rings is 2. The summed E-state index contributed by atoms with van der Waals surface area (Å²) < 4.78 is 35.7. The number of ether oxygens (including phenoxy) is 1. The average molecular weight is 564 g/mol. The predicted octanol–water partition coefficient (Wildman–Crippen LogP) is 4.79. The van der Waals surface area contributed by atoms with Gasteiger partial charge in [0.2, 0.25) is 11.7 Å². The number of nitrogens with two attached hydrogens (primary N) is 1. The molecule has 1 amide bonds. The van der Waals surface area contributed by atoms with Crippen LogP contribution in [0, 0.1) is 11.6 Å². The lowest BCUT2D eigenvalue weighted by Crippen LogP contribution is -2.42. The Hall–Kier alpha value is -4.51. The minimum atomic E-state index is -1.06. The molecule has 41 heavy (non-hydrogen) atoms. The molecule has 2 aromatic carbocycles. The van der Waals surface area contributed by atoms with Gasteiger partial charge >= 0.3 is 0 Å². The van der Waals surface area contributed by atoms with Crippen LogP contribution in [0.5, 0.6) is 5.75 Å². The topological polar surface area (TPSA) is 119 Å². The number of aromatic nitrogens is 3. The molecule has 0 saturated carbocycles. The predicted molar refractivity (Wildman–Crippen MR) is 157 cm³/mol. The lowest BCUT2D eigenvalue weighted by molar-refractivity contribution is -0.122. The van der Waals surface area contributed by atoms with E-state index in [2.05, 4.69) is 32.5 Å². The van der Waals surface area contributed by atoms with E-state index in [-0.39, 0.29) is 17.2 Å². The number of amides is 1. The van der Waals surface area contributed by atoms with Crippen molar-refractivity contribution in [3.05, 3.63) is 78.3 Å². The number of nitrogens with zero attached hydrogens (tertiary/aromatic N) is 3. The summed E-state index contributed by atoms with van der Waals surface area (Å²) in [6.45, 7) is 9.15. The normalized spacial score (nSPS) is 11.8. The van der Waals surface area contributed by atoms with Crippen LogP contribution in [0.2, 0.25) is 0 Å². The van der Waals surface area contributed by atoms with Crippen molar-refractivity contribution in [2.75, 3.05) is 25.5 Å². The van der Waals surface area contributed by atoms with Gasteiger partial charge in [-0.3, -0.25) is 9.20 Å². The SMILES string of the molecule is C=C(NCCNC(=O)[C@@H](N)CCC)c1ccc(Nc2nccn3c(-c4ccc(OC)c(F)c4F)cnc23)cc1CC. The summed E-state index contributed by atoms with van der Waals surface area (Å²) in [4.78, 5) is 20.8. The van der Waals surface area contributed by atoms with E-state index >= 15 is 0 Å². The van der Waals surface area contributed by atoms with Crippen molar-refractivity contribution in [2.24, 2.45) is 5.73 Å². The smallest absolute Gasteiger partial charge is 0.236 e. The van der Waals surface area contributed by atoms with E-state index in [0.29, 0.717) is 36.7 Å². The molecule has 9 nitrogen and oxygen atoms in total. The van der Waals surface area contributed by atoms with Crippen LogP contribution >= 0.6 is 0 Å². The highest BCUT2D eigenvalue weighted by Crippen LogP contribution is 2.32. The molecule has 11 heteroatoms. The number of anilines is 2. The van der Waals surface area contributed by atoms with Gasteiger partial charge in [-0.05, 0) is 42.7 Å². The highest BCUT2D eigenvalue weighted by Gasteiger charge is 2.19. The van der Waals surface area contributed by atoms with Crippen molar-refractivity contribution in [1.29, 1.82) is 0 Å². The molecule has 5 N–H and O–H groups in total. The van der Waals surface area contributed by atoms with Crippen molar-refractivity contribution in [3.8, 4) is 17.0 Å². The van der Waals surface area contributed by atoms with Gasteiger partial charge in [0.25, 0.3) is 0 Å². The Morgan fingerprint density at radius 2 is 1.90 bits per heavy atom. The van der Waals surface area contributed by atoms with E-state index in [1.165, 1.54) is 25.4 Å². The second-order valence-corrected chi connectivity index (χ2v) is 9.50. The molecule has 0 aliphatic heterocycles. The van der Waals surface area contributed by atoms with Crippen LogP contribution in [-0.2, 0) is 11.2 Å². The Balaban J connectivity index is 1.48. The molecule has 0 radical (unpaired) electrons. The quantitative estimate of drug-likeness (QED) is 0.173. The zero-order valence-electron chi connectivity index (χ0n) is 23.4. The van der Waals surface area contributed by atoms with Crippen molar-refractivity contribution in [3.63, 3.8) is 0 Å². The largest absolute Gasteiger partial charge is 0.494 e. The van der Waals surface area contributed by atoms with Crippen molar-refractivity contribution in [1.82, 2.24) is 25.0 Å². The Morgan fingerprint density at radius 3 is 2.63 bits per heavy atom. The fraction of sp³-hybridized carbons (Fsp3) is 0.300. The maximum Gasteiger partial charge on any atom is 0.236 e. The molecule has 4 rings (SSSR count). The summed E-state index contributed by atoms with van der Waals surface area (Å²) in [5.74, 6) is -1.94. The van der Waals surface area contributed by atoms with Crippen LogP contribution in [0.15, 0.2) is 55.5 Å². The molecule has 0 aliphatic rings. The number of hydrogen-bond donors (Lipinski definition) is 4. The highest BCUT2D eigenvalue weighted by atomic mass is 19.2. The van der Waals surface area contributed by atoms with E-state index in [0.717, 1.165) is 35.4 Å². The van der Waals surface area contributed by atoms with E-state index in [9.17, 15) is 13.6 Å². The van der Waals surface area contributed by atoms with Gasteiger partial charge in [-0.15, -0.1) is 0 Å².